The quantitative estimate of drug-likeness (QED) is 0.423. The summed E-state index contributed by atoms with van der Waals surface area (Å²) < 4.78 is 11.8. The third-order valence-electron chi connectivity index (χ3n) is 4.78. The third-order valence-corrected chi connectivity index (χ3v) is 4.78. The molecule has 0 unspecified atom stereocenters. The summed E-state index contributed by atoms with van der Waals surface area (Å²) in [6, 6.07) is 10.6. The number of allylic oxidation sites excluding steroid dienone is 1. The van der Waals surface area contributed by atoms with Crippen LogP contribution in [0.1, 0.15) is 66.5 Å². The van der Waals surface area contributed by atoms with E-state index in [0.29, 0.717) is 30.1 Å². The Morgan fingerprint density at radius 3 is 2.00 bits per heavy atom. The zero-order chi connectivity index (χ0) is 23.2. The van der Waals surface area contributed by atoms with Gasteiger partial charge < -0.3 is 14.4 Å². The minimum atomic E-state index is -0.157. The highest BCUT2D eigenvalue weighted by molar-refractivity contribution is 6.07. The first kappa shape index (κ1) is 24.2. The molecule has 0 spiro atoms. The van der Waals surface area contributed by atoms with E-state index >= 15 is 0 Å². The van der Waals surface area contributed by atoms with E-state index in [4.69, 9.17) is 9.47 Å². The van der Waals surface area contributed by atoms with Gasteiger partial charge >= 0.3 is 0 Å². The van der Waals surface area contributed by atoms with Crippen molar-refractivity contribution in [3.63, 3.8) is 0 Å². The lowest BCUT2D eigenvalue weighted by atomic mass is 9.84. The summed E-state index contributed by atoms with van der Waals surface area (Å²) >= 11 is 0. The summed E-state index contributed by atoms with van der Waals surface area (Å²) in [5.41, 5.74) is 2.73. The average molecular weight is 424 g/mol. The molecule has 0 fully saturated rings. The van der Waals surface area contributed by atoms with E-state index in [2.05, 4.69) is 20.8 Å². The van der Waals surface area contributed by atoms with Crippen LogP contribution < -0.4 is 9.47 Å². The van der Waals surface area contributed by atoms with Gasteiger partial charge in [0, 0.05) is 30.8 Å². The van der Waals surface area contributed by atoms with E-state index in [0.717, 1.165) is 16.9 Å². The normalized spacial score (nSPS) is 11.5. The predicted molar refractivity (Wildman–Crippen MR) is 125 cm³/mol. The summed E-state index contributed by atoms with van der Waals surface area (Å²) in [5, 5.41) is 0. The predicted octanol–water partition coefficient (Wildman–Crippen LogP) is 5.38. The van der Waals surface area contributed by atoms with Gasteiger partial charge in [0.05, 0.1) is 18.8 Å². The molecule has 2 rings (SSSR count). The molecule has 0 aromatic heterocycles. The minimum absolute atomic E-state index is 0.101. The van der Waals surface area contributed by atoms with Gasteiger partial charge in [-0.1, -0.05) is 39.0 Å². The molecule has 0 aliphatic heterocycles. The maximum atomic E-state index is 12.8. The van der Waals surface area contributed by atoms with Gasteiger partial charge in [0.25, 0.3) is 5.91 Å². The van der Waals surface area contributed by atoms with Crippen molar-refractivity contribution in [2.24, 2.45) is 0 Å². The first-order valence-electron chi connectivity index (χ1n) is 10.6. The van der Waals surface area contributed by atoms with Crippen molar-refractivity contribution in [3.8, 4) is 11.5 Å². The Kier molecular flexibility index (Phi) is 8.03. The summed E-state index contributed by atoms with van der Waals surface area (Å²) in [7, 11) is 3.39. The molecule has 2 aromatic rings. The molecule has 0 atom stereocenters. The van der Waals surface area contributed by atoms with E-state index in [1.807, 2.05) is 26.0 Å². The van der Waals surface area contributed by atoms with Gasteiger partial charge in [0.15, 0.2) is 5.78 Å². The molecule has 0 aliphatic carbocycles. The van der Waals surface area contributed by atoms with Crippen molar-refractivity contribution < 1.29 is 19.1 Å². The number of ketones is 1. The van der Waals surface area contributed by atoms with Crippen molar-refractivity contribution in [3.05, 3.63) is 64.7 Å². The van der Waals surface area contributed by atoms with Gasteiger partial charge in [-0.25, -0.2) is 0 Å². The Bertz CT molecular complexity index is 951. The summed E-state index contributed by atoms with van der Waals surface area (Å²) in [4.78, 5) is 26.3. The maximum absolute atomic E-state index is 12.8. The highest BCUT2D eigenvalue weighted by Gasteiger charge is 2.23. The molecule has 31 heavy (non-hydrogen) atoms. The molecule has 0 saturated heterocycles. The van der Waals surface area contributed by atoms with Crippen molar-refractivity contribution >= 4 is 17.8 Å². The van der Waals surface area contributed by atoms with E-state index in [1.54, 1.807) is 44.4 Å². The zero-order valence-electron chi connectivity index (χ0n) is 19.6. The second-order valence-corrected chi connectivity index (χ2v) is 8.44. The Morgan fingerprint density at radius 1 is 0.903 bits per heavy atom. The molecule has 5 nitrogen and oxygen atoms in total. The minimum Gasteiger partial charge on any atom is -0.493 e. The Hall–Kier alpha value is -3.08. The average Bonchev–Trinajstić information content (AvgIpc) is 2.72. The van der Waals surface area contributed by atoms with Crippen LogP contribution in [0.2, 0.25) is 0 Å². The standard InChI is InChI=1S/C26H33NO4/c1-8-30-23-17-15-21(26(3,4)5)24(31-9-2)20(23)14-16-22(28)18-10-12-19(13-11-18)25(29)27(6)7/h10-17H,8-9H2,1-7H3. The number of benzene rings is 2. The highest BCUT2D eigenvalue weighted by atomic mass is 16.5. The van der Waals surface area contributed by atoms with Gasteiger partial charge in [0.1, 0.15) is 11.5 Å². The largest absolute Gasteiger partial charge is 0.493 e. The van der Waals surface area contributed by atoms with Crippen molar-refractivity contribution in [1.29, 1.82) is 0 Å². The summed E-state index contributed by atoms with van der Waals surface area (Å²) in [6.45, 7) is 11.3. The smallest absolute Gasteiger partial charge is 0.253 e. The number of rotatable bonds is 8. The Balaban J connectivity index is 2.43. The molecule has 1 amide bonds. The fraction of sp³-hybridized carbons (Fsp3) is 0.385. The zero-order valence-corrected chi connectivity index (χ0v) is 19.6. The SMILES string of the molecule is CCOc1ccc(C(C)(C)C)c(OCC)c1C=CC(=O)c1ccc(C(=O)N(C)C)cc1. The molecule has 0 aliphatic rings. The van der Waals surface area contributed by atoms with Gasteiger partial charge in [-0.15, -0.1) is 0 Å². The van der Waals surface area contributed by atoms with Crippen molar-refractivity contribution in [2.75, 3.05) is 27.3 Å². The molecular formula is C26H33NO4. The van der Waals surface area contributed by atoms with E-state index < -0.39 is 0 Å². The summed E-state index contributed by atoms with van der Waals surface area (Å²) in [6.07, 6.45) is 3.28. The number of nitrogens with zero attached hydrogens (tertiary/aromatic N) is 1. The van der Waals surface area contributed by atoms with E-state index in [-0.39, 0.29) is 17.1 Å². The number of hydrogen-bond acceptors (Lipinski definition) is 4. The van der Waals surface area contributed by atoms with Crippen LogP contribution in [0.15, 0.2) is 42.5 Å². The number of carbonyl (C=O) groups is 2. The molecule has 0 bridgehead atoms. The molecule has 0 saturated carbocycles. The van der Waals surface area contributed by atoms with Crippen LogP contribution in [0.3, 0.4) is 0 Å². The number of amides is 1. The van der Waals surface area contributed by atoms with Crippen molar-refractivity contribution in [2.45, 2.75) is 40.0 Å². The first-order chi connectivity index (χ1) is 14.6. The molecular weight excluding hydrogens is 390 g/mol. The van der Waals surface area contributed by atoms with Gasteiger partial charge in [-0.3, -0.25) is 9.59 Å². The molecule has 0 radical (unpaired) electrons. The van der Waals surface area contributed by atoms with Crippen LogP contribution in [-0.4, -0.2) is 43.9 Å². The summed E-state index contributed by atoms with van der Waals surface area (Å²) in [5.74, 6) is 1.15. The molecule has 166 valence electrons. The van der Waals surface area contributed by atoms with Crippen LogP contribution >= 0.6 is 0 Å². The van der Waals surface area contributed by atoms with Crippen LogP contribution in [0.4, 0.5) is 0 Å². The lowest BCUT2D eigenvalue weighted by molar-refractivity contribution is 0.0827. The number of carbonyl (C=O) groups excluding carboxylic acids is 2. The van der Waals surface area contributed by atoms with Gasteiger partial charge in [-0.2, -0.15) is 0 Å². The molecule has 0 heterocycles. The van der Waals surface area contributed by atoms with Crippen molar-refractivity contribution in [1.82, 2.24) is 4.90 Å². The van der Waals surface area contributed by atoms with Gasteiger partial charge in [0.2, 0.25) is 0 Å². The second kappa shape index (κ2) is 10.3. The monoisotopic (exact) mass is 423 g/mol. The van der Waals surface area contributed by atoms with Gasteiger partial charge in [-0.05, 0) is 49.6 Å². The number of ether oxygens (including phenoxy) is 2. The number of hydrogen-bond donors (Lipinski definition) is 0. The second-order valence-electron chi connectivity index (χ2n) is 8.44. The van der Waals surface area contributed by atoms with Crippen LogP contribution in [0.25, 0.3) is 6.08 Å². The third kappa shape index (κ3) is 5.97. The maximum Gasteiger partial charge on any atom is 0.253 e. The fourth-order valence-electron chi connectivity index (χ4n) is 3.20. The Labute approximate surface area is 185 Å². The molecule has 0 N–H and O–H groups in total. The van der Waals surface area contributed by atoms with Crippen LogP contribution in [0.5, 0.6) is 11.5 Å². The Morgan fingerprint density at radius 2 is 1.48 bits per heavy atom. The van der Waals surface area contributed by atoms with E-state index in [9.17, 15) is 9.59 Å². The lowest BCUT2D eigenvalue weighted by Gasteiger charge is -2.25. The molecule has 2 aromatic carbocycles. The molecule has 5 heteroatoms. The topological polar surface area (TPSA) is 55.8 Å². The highest BCUT2D eigenvalue weighted by Crippen LogP contribution is 2.40. The lowest BCUT2D eigenvalue weighted by Crippen LogP contribution is -2.21. The first-order valence-corrected chi connectivity index (χ1v) is 10.6. The van der Waals surface area contributed by atoms with E-state index in [1.165, 1.54) is 11.0 Å². The van der Waals surface area contributed by atoms with Crippen LogP contribution in [0, 0.1) is 0 Å². The fourth-order valence-corrected chi connectivity index (χ4v) is 3.20. The van der Waals surface area contributed by atoms with Crippen LogP contribution in [-0.2, 0) is 5.41 Å².